The van der Waals surface area contributed by atoms with Crippen LogP contribution in [0.5, 0.6) is 0 Å². The van der Waals surface area contributed by atoms with Crippen molar-refractivity contribution in [3.63, 3.8) is 0 Å². The number of imidazole rings is 1. The van der Waals surface area contributed by atoms with Gasteiger partial charge in [0.15, 0.2) is 0 Å². The lowest BCUT2D eigenvalue weighted by atomic mass is 10.1. The molecule has 0 aliphatic carbocycles. The molecule has 0 saturated heterocycles. The van der Waals surface area contributed by atoms with Gasteiger partial charge in [0.2, 0.25) is 0 Å². The van der Waals surface area contributed by atoms with Crippen LogP contribution in [0.3, 0.4) is 0 Å². The molecule has 0 aromatic carbocycles. The molecule has 1 aromatic rings. The molecule has 0 spiro atoms. The van der Waals surface area contributed by atoms with Gasteiger partial charge in [-0.25, -0.2) is 4.98 Å². The van der Waals surface area contributed by atoms with E-state index in [0.717, 1.165) is 51.5 Å². The largest absolute Gasteiger partial charge is 0.383 e. The summed E-state index contributed by atoms with van der Waals surface area (Å²) in [6.07, 6.45) is 6.09. The molecule has 2 N–H and O–H groups in total. The molecular weight excluding hydrogens is 216 g/mol. The highest BCUT2D eigenvalue weighted by molar-refractivity contribution is 4.96. The Hall–Kier alpha value is -0.910. The van der Waals surface area contributed by atoms with Crippen LogP contribution in [0.1, 0.15) is 18.7 Å². The average Bonchev–Trinajstić information content (AvgIpc) is 2.81. The number of methoxy groups -OCH3 is 1. The summed E-state index contributed by atoms with van der Waals surface area (Å²) in [7, 11) is 1.76. The van der Waals surface area contributed by atoms with E-state index in [1.165, 1.54) is 0 Å². The lowest BCUT2D eigenvalue weighted by molar-refractivity contribution is 0.0655. The maximum absolute atomic E-state index is 5.59. The van der Waals surface area contributed by atoms with Crippen LogP contribution in [0.15, 0.2) is 12.4 Å². The van der Waals surface area contributed by atoms with Gasteiger partial charge in [0.25, 0.3) is 0 Å². The molecule has 2 heterocycles. The van der Waals surface area contributed by atoms with Gasteiger partial charge >= 0.3 is 0 Å². The topological polar surface area (TPSA) is 56.3 Å². The zero-order valence-corrected chi connectivity index (χ0v) is 10.5. The third kappa shape index (κ3) is 3.06. The van der Waals surface area contributed by atoms with Gasteiger partial charge in [0.05, 0.1) is 13.2 Å². The number of nitrogens with two attached hydrogens (primary N) is 1. The summed E-state index contributed by atoms with van der Waals surface area (Å²) < 4.78 is 7.54. The first kappa shape index (κ1) is 12.5. The number of aromatic nitrogens is 2. The molecule has 1 atom stereocenters. The van der Waals surface area contributed by atoms with Crippen molar-refractivity contribution in [1.29, 1.82) is 0 Å². The second kappa shape index (κ2) is 6.14. The van der Waals surface area contributed by atoms with Crippen molar-refractivity contribution in [3.8, 4) is 0 Å². The van der Waals surface area contributed by atoms with Crippen LogP contribution in [-0.4, -0.2) is 47.3 Å². The standard InChI is InChI=1S/C12H22N4O/c1-17-10-11(3-2-4-13)16-8-7-15-6-5-14-12(15)9-16/h5-6,11H,2-4,7-10,13H2,1H3. The van der Waals surface area contributed by atoms with E-state index in [1.807, 2.05) is 6.20 Å². The average molecular weight is 238 g/mol. The molecule has 0 amide bonds. The number of hydrogen-bond acceptors (Lipinski definition) is 4. The Morgan fingerprint density at radius 3 is 3.18 bits per heavy atom. The Kier molecular flexibility index (Phi) is 4.53. The monoisotopic (exact) mass is 238 g/mol. The Labute approximate surface area is 103 Å². The smallest absolute Gasteiger partial charge is 0.122 e. The lowest BCUT2D eigenvalue weighted by Crippen LogP contribution is -2.43. The highest BCUT2D eigenvalue weighted by Crippen LogP contribution is 2.16. The second-order valence-electron chi connectivity index (χ2n) is 4.55. The summed E-state index contributed by atoms with van der Waals surface area (Å²) in [6, 6.07) is 0.467. The summed E-state index contributed by atoms with van der Waals surface area (Å²) in [6.45, 7) is 4.55. The molecule has 1 unspecified atom stereocenters. The van der Waals surface area contributed by atoms with E-state index in [1.54, 1.807) is 7.11 Å². The Balaban J connectivity index is 1.96. The zero-order chi connectivity index (χ0) is 12.1. The molecule has 2 rings (SSSR count). The van der Waals surface area contributed by atoms with Gasteiger partial charge in [-0.05, 0) is 19.4 Å². The third-order valence-corrected chi connectivity index (χ3v) is 3.39. The van der Waals surface area contributed by atoms with Crippen molar-refractivity contribution in [2.75, 3.05) is 26.8 Å². The van der Waals surface area contributed by atoms with E-state index < -0.39 is 0 Å². The minimum absolute atomic E-state index is 0.467. The lowest BCUT2D eigenvalue weighted by Gasteiger charge is -2.34. The predicted molar refractivity (Wildman–Crippen MR) is 66.6 cm³/mol. The van der Waals surface area contributed by atoms with Gasteiger partial charge in [-0.15, -0.1) is 0 Å². The van der Waals surface area contributed by atoms with Crippen molar-refractivity contribution < 1.29 is 4.74 Å². The second-order valence-corrected chi connectivity index (χ2v) is 4.55. The van der Waals surface area contributed by atoms with E-state index in [-0.39, 0.29) is 0 Å². The number of hydrogen-bond donors (Lipinski definition) is 1. The quantitative estimate of drug-likeness (QED) is 0.782. The number of fused-ring (bicyclic) bond motifs is 1. The fourth-order valence-electron chi connectivity index (χ4n) is 2.42. The Bertz CT molecular complexity index is 339. The fourth-order valence-corrected chi connectivity index (χ4v) is 2.42. The molecular formula is C12H22N4O. The molecule has 17 heavy (non-hydrogen) atoms. The van der Waals surface area contributed by atoms with Crippen LogP contribution in [0.2, 0.25) is 0 Å². The first-order valence-electron chi connectivity index (χ1n) is 6.28. The van der Waals surface area contributed by atoms with E-state index in [2.05, 4.69) is 20.6 Å². The van der Waals surface area contributed by atoms with E-state index in [9.17, 15) is 0 Å². The molecule has 5 heteroatoms. The molecule has 1 aromatic heterocycles. The molecule has 0 saturated carbocycles. The Morgan fingerprint density at radius 2 is 2.41 bits per heavy atom. The van der Waals surface area contributed by atoms with E-state index in [4.69, 9.17) is 10.5 Å². The molecule has 1 aliphatic rings. The van der Waals surface area contributed by atoms with Gasteiger partial charge in [0, 0.05) is 38.6 Å². The van der Waals surface area contributed by atoms with Crippen LogP contribution in [0.4, 0.5) is 0 Å². The molecule has 96 valence electrons. The molecule has 0 fully saturated rings. The summed E-state index contributed by atoms with van der Waals surface area (Å²) in [5.41, 5.74) is 5.59. The molecule has 0 radical (unpaired) electrons. The maximum Gasteiger partial charge on any atom is 0.122 e. The van der Waals surface area contributed by atoms with E-state index in [0.29, 0.717) is 6.04 Å². The third-order valence-electron chi connectivity index (χ3n) is 3.39. The number of ether oxygens (including phenoxy) is 1. The van der Waals surface area contributed by atoms with Gasteiger partial charge in [0.1, 0.15) is 5.82 Å². The normalized spacial score (nSPS) is 18.0. The van der Waals surface area contributed by atoms with Gasteiger partial charge in [-0.2, -0.15) is 0 Å². The van der Waals surface area contributed by atoms with E-state index >= 15 is 0 Å². The van der Waals surface area contributed by atoms with Crippen LogP contribution in [0, 0.1) is 0 Å². The minimum Gasteiger partial charge on any atom is -0.383 e. The summed E-state index contributed by atoms with van der Waals surface area (Å²) in [5, 5.41) is 0. The van der Waals surface area contributed by atoms with Crippen LogP contribution < -0.4 is 5.73 Å². The van der Waals surface area contributed by atoms with Crippen molar-refractivity contribution in [2.45, 2.75) is 32.0 Å². The van der Waals surface area contributed by atoms with Crippen molar-refractivity contribution in [2.24, 2.45) is 5.73 Å². The van der Waals surface area contributed by atoms with Gasteiger partial charge < -0.3 is 15.0 Å². The summed E-state index contributed by atoms with van der Waals surface area (Å²) in [4.78, 5) is 6.85. The predicted octanol–water partition coefficient (Wildman–Crippen LogP) is 0.453. The minimum atomic E-state index is 0.467. The van der Waals surface area contributed by atoms with Crippen LogP contribution in [0.25, 0.3) is 0 Å². The highest BCUT2D eigenvalue weighted by atomic mass is 16.5. The summed E-state index contributed by atoms with van der Waals surface area (Å²) >= 11 is 0. The number of nitrogens with zero attached hydrogens (tertiary/aromatic N) is 3. The first-order valence-corrected chi connectivity index (χ1v) is 6.28. The van der Waals surface area contributed by atoms with Crippen molar-refractivity contribution in [1.82, 2.24) is 14.5 Å². The van der Waals surface area contributed by atoms with Gasteiger partial charge in [-0.1, -0.05) is 0 Å². The maximum atomic E-state index is 5.59. The SMILES string of the molecule is COCC(CCCN)N1CCn2ccnc2C1. The highest BCUT2D eigenvalue weighted by Gasteiger charge is 2.23. The number of rotatable bonds is 6. The molecule has 1 aliphatic heterocycles. The molecule has 5 nitrogen and oxygen atoms in total. The zero-order valence-electron chi connectivity index (χ0n) is 10.5. The van der Waals surface area contributed by atoms with Crippen LogP contribution in [-0.2, 0) is 17.8 Å². The summed E-state index contributed by atoms with van der Waals surface area (Å²) in [5.74, 6) is 1.16. The first-order chi connectivity index (χ1) is 8.35. The Morgan fingerprint density at radius 1 is 1.53 bits per heavy atom. The van der Waals surface area contributed by atoms with Gasteiger partial charge in [-0.3, -0.25) is 4.90 Å². The van der Waals surface area contributed by atoms with Crippen LogP contribution >= 0.6 is 0 Å². The fraction of sp³-hybridized carbons (Fsp3) is 0.750. The van der Waals surface area contributed by atoms with Crippen molar-refractivity contribution >= 4 is 0 Å². The molecule has 0 bridgehead atoms. The van der Waals surface area contributed by atoms with Crippen molar-refractivity contribution in [3.05, 3.63) is 18.2 Å².